The number of hydrogen-bond donors (Lipinski definition) is 3. The van der Waals surface area contributed by atoms with Gasteiger partial charge in [0.25, 0.3) is 23.6 Å². The second-order valence-electron chi connectivity index (χ2n) is 17.2. The molecule has 19 nitrogen and oxygen atoms in total. The lowest BCUT2D eigenvalue weighted by Gasteiger charge is -2.39. The molecule has 0 spiro atoms. The van der Waals surface area contributed by atoms with Crippen LogP contribution in [0.4, 0.5) is 5.82 Å². The number of ether oxygens (including phenoxy) is 1. The molecule has 4 aliphatic heterocycles. The Morgan fingerprint density at radius 3 is 2.44 bits per heavy atom. The minimum Gasteiger partial charge on any atom is -0.484 e. The van der Waals surface area contributed by atoms with Gasteiger partial charge in [-0.05, 0) is 88.2 Å². The Kier molecular flexibility index (Phi) is 12.1. The standard InChI is InChI=1S/C44H52N12O7/c1-27-4-2-5-34(49-27)41(59)50-29-20-30(21-29)55-26-48-38-39(46-25-47-40(38)55)45-12-3-13-52-16-18-53(19-17-52)23-28-10-14-54(15-11-28)37(58)24-63-31-6-7-32-33(22-31)44(62)56(43(32)61)35-8-9-36(57)51-42(35)60/h2,4-7,22,25-26,28-30,35H,3,8-21,23-24H2,1H3,(H,50,59)(H,45,46,47)(H,51,57,60). The predicted molar refractivity (Wildman–Crippen MR) is 228 cm³/mol. The average Bonchev–Trinajstić information content (AvgIpc) is 3.81. The summed E-state index contributed by atoms with van der Waals surface area (Å²) < 4.78 is 7.87. The number of aryl methyl sites for hydroxylation is 1. The van der Waals surface area contributed by atoms with Crippen LogP contribution in [0.25, 0.3) is 11.2 Å². The fourth-order valence-corrected chi connectivity index (χ4v) is 9.32. The van der Waals surface area contributed by atoms with Crippen LogP contribution in [-0.2, 0) is 14.4 Å². The molecule has 5 aliphatic rings. The first-order chi connectivity index (χ1) is 30.6. The number of carbonyl (C=O) groups excluding carboxylic acids is 6. The summed E-state index contributed by atoms with van der Waals surface area (Å²) in [4.78, 5) is 102. The van der Waals surface area contributed by atoms with E-state index < -0.39 is 29.7 Å². The average molecular weight is 861 g/mol. The Labute approximate surface area is 363 Å². The maximum absolute atomic E-state index is 13.2. The third-order valence-electron chi connectivity index (χ3n) is 13.0. The predicted octanol–water partition coefficient (Wildman–Crippen LogP) is 1.80. The van der Waals surface area contributed by atoms with Gasteiger partial charge in [-0.1, -0.05) is 6.07 Å². The molecule has 3 N–H and O–H groups in total. The SMILES string of the molecule is Cc1cccc(C(=O)NC2CC(n3cnc4c(NCCCN5CCN(CC6CCN(C(=O)COc7ccc8c(c7)C(=O)N(C7CCC(=O)NC7=O)C8=O)CC6)CC5)ncnc43)C2)n1. The number of aromatic nitrogens is 5. The van der Waals surface area contributed by atoms with Crippen LogP contribution >= 0.6 is 0 Å². The number of likely N-dealkylation sites (tertiary alicyclic amines) is 1. The molecule has 7 heterocycles. The van der Waals surface area contributed by atoms with Crippen molar-refractivity contribution in [1.82, 2.24) is 54.7 Å². The molecule has 1 aliphatic carbocycles. The molecule has 6 amide bonds. The van der Waals surface area contributed by atoms with Crippen molar-refractivity contribution in [2.75, 3.05) is 70.8 Å². The lowest BCUT2D eigenvalue weighted by molar-refractivity contribution is -0.136. The van der Waals surface area contributed by atoms with E-state index in [-0.39, 0.29) is 60.2 Å². The first-order valence-electron chi connectivity index (χ1n) is 21.9. The van der Waals surface area contributed by atoms with Gasteiger partial charge in [-0.15, -0.1) is 0 Å². The molecule has 1 saturated carbocycles. The van der Waals surface area contributed by atoms with Gasteiger partial charge in [0.2, 0.25) is 11.8 Å². The highest BCUT2D eigenvalue weighted by atomic mass is 16.5. The number of imide groups is 2. The van der Waals surface area contributed by atoms with E-state index in [2.05, 4.69) is 50.3 Å². The second kappa shape index (κ2) is 18.2. The number of benzene rings is 1. The van der Waals surface area contributed by atoms with Crippen LogP contribution < -0.4 is 20.7 Å². The fourth-order valence-electron chi connectivity index (χ4n) is 9.32. The monoisotopic (exact) mass is 860 g/mol. The quantitative estimate of drug-likeness (QED) is 0.122. The van der Waals surface area contributed by atoms with E-state index in [0.717, 1.165) is 105 Å². The lowest BCUT2D eigenvalue weighted by atomic mass is 9.86. The minimum absolute atomic E-state index is 0.0448. The minimum atomic E-state index is -1.04. The topological polar surface area (TPSA) is 217 Å². The summed E-state index contributed by atoms with van der Waals surface area (Å²) in [7, 11) is 0. The van der Waals surface area contributed by atoms with Crippen molar-refractivity contribution in [1.29, 1.82) is 0 Å². The van der Waals surface area contributed by atoms with Gasteiger partial charge in [0.05, 0.1) is 17.5 Å². The van der Waals surface area contributed by atoms with Crippen molar-refractivity contribution in [2.24, 2.45) is 5.92 Å². The number of carbonyl (C=O) groups is 6. The van der Waals surface area contributed by atoms with Gasteiger partial charge in [-0.3, -0.25) is 39.0 Å². The maximum atomic E-state index is 13.2. The van der Waals surface area contributed by atoms with Crippen LogP contribution in [0.3, 0.4) is 0 Å². The van der Waals surface area contributed by atoms with Crippen molar-refractivity contribution < 1.29 is 33.5 Å². The summed E-state index contributed by atoms with van der Waals surface area (Å²) >= 11 is 0. The highest BCUT2D eigenvalue weighted by Crippen LogP contribution is 2.35. The molecule has 1 atom stereocenters. The second-order valence-corrected chi connectivity index (χ2v) is 17.2. The molecule has 4 fully saturated rings. The van der Waals surface area contributed by atoms with E-state index in [0.29, 0.717) is 24.7 Å². The smallest absolute Gasteiger partial charge is 0.270 e. The fraction of sp³-hybridized carbons (Fsp3) is 0.500. The van der Waals surface area contributed by atoms with Crippen molar-refractivity contribution in [3.63, 3.8) is 0 Å². The van der Waals surface area contributed by atoms with Crippen molar-refractivity contribution in [3.05, 3.63) is 71.6 Å². The maximum Gasteiger partial charge on any atom is 0.270 e. The Bertz CT molecular complexity index is 2420. The number of anilines is 1. The van der Waals surface area contributed by atoms with Crippen molar-refractivity contribution in [3.8, 4) is 5.75 Å². The molecule has 1 unspecified atom stereocenters. The first-order valence-corrected chi connectivity index (χ1v) is 21.9. The van der Waals surface area contributed by atoms with Crippen molar-refractivity contribution >= 4 is 52.4 Å². The third kappa shape index (κ3) is 9.11. The van der Waals surface area contributed by atoms with Crippen LogP contribution in [0.5, 0.6) is 5.75 Å². The summed E-state index contributed by atoms with van der Waals surface area (Å²) in [6.45, 7) is 9.82. The van der Waals surface area contributed by atoms with Gasteiger partial charge in [0.15, 0.2) is 18.1 Å². The Morgan fingerprint density at radius 2 is 1.67 bits per heavy atom. The molecular formula is C44H52N12O7. The highest BCUT2D eigenvalue weighted by molar-refractivity contribution is 6.23. The Morgan fingerprint density at radius 1 is 0.889 bits per heavy atom. The normalized spacial score (nSPS) is 22.2. The number of piperidine rings is 2. The van der Waals surface area contributed by atoms with Gasteiger partial charge in [0.1, 0.15) is 29.3 Å². The van der Waals surface area contributed by atoms with Crippen LogP contribution in [0.15, 0.2) is 49.1 Å². The number of fused-ring (bicyclic) bond motifs is 2. The summed E-state index contributed by atoms with van der Waals surface area (Å²) in [5, 5.41) is 8.77. The van der Waals surface area contributed by atoms with Crippen LogP contribution in [-0.4, -0.2) is 157 Å². The molecule has 3 saturated heterocycles. The molecule has 1 aromatic carbocycles. The van der Waals surface area contributed by atoms with Gasteiger partial charge in [0, 0.05) is 76.6 Å². The largest absolute Gasteiger partial charge is 0.484 e. The number of nitrogens with one attached hydrogen (secondary N) is 3. The van der Waals surface area contributed by atoms with E-state index in [1.807, 2.05) is 30.3 Å². The van der Waals surface area contributed by atoms with E-state index in [4.69, 9.17) is 4.74 Å². The van der Waals surface area contributed by atoms with Crippen molar-refractivity contribution in [2.45, 2.75) is 70.0 Å². The third-order valence-corrected chi connectivity index (χ3v) is 13.0. The number of piperazine rings is 1. The highest BCUT2D eigenvalue weighted by Gasteiger charge is 2.45. The summed E-state index contributed by atoms with van der Waals surface area (Å²) in [6.07, 6.45) is 7.94. The zero-order chi connectivity index (χ0) is 43.6. The van der Waals surface area contributed by atoms with Crippen LogP contribution in [0.1, 0.15) is 87.9 Å². The number of rotatable bonds is 14. The van der Waals surface area contributed by atoms with Crippen LogP contribution in [0, 0.1) is 12.8 Å². The van der Waals surface area contributed by atoms with E-state index in [9.17, 15) is 28.8 Å². The molecule has 63 heavy (non-hydrogen) atoms. The van der Waals surface area contributed by atoms with Gasteiger partial charge < -0.3 is 34.6 Å². The molecule has 19 heteroatoms. The lowest BCUT2D eigenvalue weighted by Crippen LogP contribution is -2.54. The summed E-state index contributed by atoms with van der Waals surface area (Å²) in [5.41, 5.74) is 3.06. The van der Waals surface area contributed by atoms with E-state index >= 15 is 0 Å². The Hall–Kier alpha value is -6.34. The van der Waals surface area contributed by atoms with Gasteiger partial charge in [-0.2, -0.15) is 0 Å². The van der Waals surface area contributed by atoms with Gasteiger partial charge in [-0.25, -0.2) is 19.9 Å². The molecule has 0 bridgehead atoms. The van der Waals surface area contributed by atoms with E-state index in [1.165, 1.54) is 12.1 Å². The number of hydrogen-bond acceptors (Lipinski definition) is 14. The van der Waals surface area contributed by atoms with Crippen LogP contribution in [0.2, 0.25) is 0 Å². The van der Waals surface area contributed by atoms with E-state index in [1.54, 1.807) is 18.5 Å². The number of amides is 6. The molecule has 0 radical (unpaired) electrons. The first kappa shape index (κ1) is 42.0. The Balaban J connectivity index is 0.652. The number of pyridine rings is 1. The van der Waals surface area contributed by atoms with Gasteiger partial charge >= 0.3 is 0 Å². The molecule has 9 rings (SSSR count). The zero-order valence-corrected chi connectivity index (χ0v) is 35.3. The summed E-state index contributed by atoms with van der Waals surface area (Å²) in [5.74, 6) is -1.05. The zero-order valence-electron chi connectivity index (χ0n) is 35.3. The molecule has 4 aromatic rings. The molecule has 330 valence electrons. The molecular weight excluding hydrogens is 809 g/mol. The summed E-state index contributed by atoms with van der Waals surface area (Å²) in [6, 6.07) is 9.15. The number of imidazole rings is 1. The molecule has 3 aromatic heterocycles. The number of nitrogens with zero attached hydrogens (tertiary/aromatic N) is 9.